The third kappa shape index (κ3) is 4.48. The fraction of sp³-hybridized carbons (Fsp3) is 0.160. The van der Waals surface area contributed by atoms with Gasteiger partial charge in [-0.05, 0) is 53.9 Å². The Morgan fingerprint density at radius 2 is 1.62 bits per heavy atom. The first-order valence-corrected chi connectivity index (χ1v) is 12.2. The maximum Gasteiger partial charge on any atom is 0.338 e. The number of fused-ring (bicyclic) bond motifs is 1. The highest BCUT2D eigenvalue weighted by Crippen LogP contribution is 2.25. The van der Waals surface area contributed by atoms with Gasteiger partial charge in [0.05, 0.1) is 10.5 Å². The van der Waals surface area contributed by atoms with Gasteiger partial charge in [0.25, 0.3) is 5.89 Å². The van der Waals surface area contributed by atoms with E-state index in [2.05, 4.69) is 10.2 Å². The molecule has 8 nitrogen and oxygen atoms in total. The number of rotatable bonds is 6. The lowest BCUT2D eigenvalue weighted by Gasteiger charge is -2.28. The topological polar surface area (TPSA) is 103 Å². The van der Waals surface area contributed by atoms with Gasteiger partial charge in [0.1, 0.15) is 0 Å². The summed E-state index contributed by atoms with van der Waals surface area (Å²) in [6.07, 6.45) is 0.668. The summed E-state index contributed by atoms with van der Waals surface area (Å²) in [4.78, 5) is 12.6. The van der Waals surface area contributed by atoms with Crippen molar-refractivity contribution in [3.8, 4) is 11.5 Å². The van der Waals surface area contributed by atoms with Crippen LogP contribution in [0.5, 0.6) is 0 Å². The zero-order chi connectivity index (χ0) is 23.5. The van der Waals surface area contributed by atoms with Crippen LogP contribution in [0.15, 0.2) is 88.2 Å². The van der Waals surface area contributed by atoms with Crippen molar-refractivity contribution in [3.63, 3.8) is 0 Å². The Labute approximate surface area is 196 Å². The number of esters is 1. The standard InChI is InChI=1S/C25H21N3O5S/c29-25(32-17-23-26-27-24(33-23)19-7-2-1-3-8-19)20-10-12-22(13-11-20)34(30,31)28-15-14-18-6-4-5-9-21(18)16-28/h1-13H,14-17H2. The van der Waals surface area contributed by atoms with Crippen molar-refractivity contribution in [1.82, 2.24) is 14.5 Å². The number of nitrogens with zero attached hydrogens (tertiary/aromatic N) is 3. The van der Waals surface area contributed by atoms with Crippen molar-refractivity contribution in [3.05, 3.63) is 101 Å². The maximum atomic E-state index is 13.1. The Morgan fingerprint density at radius 1 is 0.912 bits per heavy atom. The molecule has 0 saturated carbocycles. The van der Waals surface area contributed by atoms with E-state index in [4.69, 9.17) is 9.15 Å². The first-order valence-electron chi connectivity index (χ1n) is 10.7. The number of hydrogen-bond donors (Lipinski definition) is 0. The largest absolute Gasteiger partial charge is 0.452 e. The van der Waals surface area contributed by atoms with Crippen LogP contribution < -0.4 is 0 Å². The molecule has 0 unspecified atom stereocenters. The van der Waals surface area contributed by atoms with Crippen LogP contribution in [0.3, 0.4) is 0 Å². The number of aromatic nitrogens is 2. The minimum Gasteiger partial charge on any atom is -0.452 e. The SMILES string of the molecule is O=C(OCc1nnc(-c2ccccc2)o1)c1ccc(S(=O)(=O)N2CCc3ccccc3C2)cc1. The third-order valence-electron chi connectivity index (χ3n) is 5.64. The summed E-state index contributed by atoms with van der Waals surface area (Å²) in [5, 5.41) is 7.85. The summed E-state index contributed by atoms with van der Waals surface area (Å²) in [6, 6.07) is 22.8. The van der Waals surface area contributed by atoms with Crippen molar-refractivity contribution >= 4 is 16.0 Å². The number of carbonyl (C=O) groups is 1. The summed E-state index contributed by atoms with van der Waals surface area (Å²) >= 11 is 0. The number of sulfonamides is 1. The van der Waals surface area contributed by atoms with Crippen LogP contribution in [0.25, 0.3) is 11.5 Å². The normalized spacial score (nSPS) is 13.9. The van der Waals surface area contributed by atoms with Gasteiger partial charge in [-0.25, -0.2) is 13.2 Å². The average Bonchev–Trinajstić information content (AvgIpc) is 3.37. The smallest absolute Gasteiger partial charge is 0.338 e. The first-order chi connectivity index (χ1) is 16.5. The van der Waals surface area contributed by atoms with Gasteiger partial charge in [0.15, 0.2) is 6.61 Å². The highest BCUT2D eigenvalue weighted by Gasteiger charge is 2.28. The quantitative estimate of drug-likeness (QED) is 0.390. The summed E-state index contributed by atoms with van der Waals surface area (Å²) in [5.74, 6) is -0.117. The van der Waals surface area contributed by atoms with Gasteiger partial charge in [0.2, 0.25) is 15.9 Å². The van der Waals surface area contributed by atoms with E-state index in [0.29, 0.717) is 25.4 Å². The molecular formula is C25H21N3O5S. The van der Waals surface area contributed by atoms with Crippen molar-refractivity contribution in [2.75, 3.05) is 6.54 Å². The van der Waals surface area contributed by atoms with E-state index in [-0.39, 0.29) is 23.0 Å². The van der Waals surface area contributed by atoms with E-state index < -0.39 is 16.0 Å². The molecule has 0 saturated heterocycles. The summed E-state index contributed by atoms with van der Waals surface area (Å²) in [5.41, 5.74) is 3.17. The number of carbonyl (C=O) groups excluding carboxylic acids is 1. The van der Waals surface area contributed by atoms with Gasteiger partial charge in [-0.15, -0.1) is 10.2 Å². The van der Waals surface area contributed by atoms with E-state index in [9.17, 15) is 13.2 Å². The second kappa shape index (κ2) is 9.20. The number of benzene rings is 3. The van der Waals surface area contributed by atoms with E-state index >= 15 is 0 Å². The van der Waals surface area contributed by atoms with E-state index in [1.165, 1.54) is 34.1 Å². The molecule has 1 aromatic heterocycles. The molecule has 34 heavy (non-hydrogen) atoms. The zero-order valence-electron chi connectivity index (χ0n) is 18.1. The Morgan fingerprint density at radius 3 is 2.38 bits per heavy atom. The predicted octanol–water partition coefficient (Wildman–Crippen LogP) is 3.84. The Kier molecular flexibility index (Phi) is 5.95. The molecule has 4 aromatic rings. The van der Waals surface area contributed by atoms with Crippen molar-refractivity contribution < 1.29 is 22.4 Å². The Balaban J connectivity index is 1.23. The number of ether oxygens (including phenoxy) is 1. The lowest BCUT2D eigenvalue weighted by molar-refractivity contribution is 0.0438. The van der Waals surface area contributed by atoms with Gasteiger partial charge in [-0.1, -0.05) is 42.5 Å². The maximum absolute atomic E-state index is 13.1. The Bertz CT molecular complexity index is 1420. The minimum absolute atomic E-state index is 0.132. The second-order valence-corrected chi connectivity index (χ2v) is 9.76. The van der Waals surface area contributed by atoms with Crippen LogP contribution >= 0.6 is 0 Å². The highest BCUT2D eigenvalue weighted by atomic mass is 32.2. The summed E-state index contributed by atoms with van der Waals surface area (Å²) in [6.45, 7) is 0.557. The van der Waals surface area contributed by atoms with Crippen LogP contribution in [0, 0.1) is 0 Å². The molecule has 0 aliphatic carbocycles. The molecule has 3 aromatic carbocycles. The molecular weight excluding hydrogens is 454 g/mol. The van der Waals surface area contributed by atoms with Crippen LogP contribution in [-0.2, 0) is 34.3 Å². The molecule has 0 bridgehead atoms. The van der Waals surface area contributed by atoms with Crippen molar-refractivity contribution in [1.29, 1.82) is 0 Å². The molecule has 0 atom stereocenters. The Hall–Kier alpha value is -3.82. The van der Waals surface area contributed by atoms with Gasteiger partial charge in [0, 0.05) is 18.7 Å². The molecule has 1 aliphatic rings. The predicted molar refractivity (Wildman–Crippen MR) is 123 cm³/mol. The summed E-state index contributed by atoms with van der Waals surface area (Å²) in [7, 11) is -3.68. The molecule has 0 N–H and O–H groups in total. The van der Waals surface area contributed by atoms with Crippen molar-refractivity contribution in [2.24, 2.45) is 0 Å². The molecule has 0 amide bonds. The number of hydrogen-bond acceptors (Lipinski definition) is 7. The van der Waals surface area contributed by atoms with E-state index in [1.807, 2.05) is 54.6 Å². The molecule has 0 fully saturated rings. The van der Waals surface area contributed by atoms with Gasteiger partial charge < -0.3 is 9.15 Å². The lowest BCUT2D eigenvalue weighted by atomic mass is 10.0. The van der Waals surface area contributed by atoms with Crippen LogP contribution in [0.4, 0.5) is 0 Å². The molecule has 0 radical (unpaired) electrons. The fourth-order valence-corrected chi connectivity index (χ4v) is 5.23. The molecule has 1 aliphatic heterocycles. The molecule has 2 heterocycles. The van der Waals surface area contributed by atoms with Gasteiger partial charge >= 0.3 is 5.97 Å². The third-order valence-corrected chi connectivity index (χ3v) is 7.50. The van der Waals surface area contributed by atoms with Gasteiger partial charge in [-0.3, -0.25) is 0 Å². The van der Waals surface area contributed by atoms with Crippen molar-refractivity contribution in [2.45, 2.75) is 24.5 Å². The van der Waals surface area contributed by atoms with E-state index in [1.54, 1.807) is 0 Å². The lowest BCUT2D eigenvalue weighted by Crippen LogP contribution is -2.35. The first kappa shape index (κ1) is 22.0. The molecule has 0 spiro atoms. The molecule has 5 rings (SSSR count). The van der Waals surface area contributed by atoms with E-state index in [0.717, 1.165) is 11.1 Å². The van der Waals surface area contributed by atoms with Crippen LogP contribution in [-0.4, -0.2) is 35.4 Å². The minimum atomic E-state index is -3.68. The fourth-order valence-electron chi connectivity index (χ4n) is 3.81. The van der Waals surface area contributed by atoms with Gasteiger partial charge in [-0.2, -0.15) is 4.31 Å². The zero-order valence-corrected chi connectivity index (χ0v) is 18.9. The molecule has 9 heteroatoms. The summed E-state index contributed by atoms with van der Waals surface area (Å²) < 4.78 is 38.4. The van der Waals surface area contributed by atoms with Crippen LogP contribution in [0.2, 0.25) is 0 Å². The van der Waals surface area contributed by atoms with Crippen LogP contribution in [0.1, 0.15) is 27.4 Å². The second-order valence-electron chi connectivity index (χ2n) is 7.82. The monoisotopic (exact) mass is 475 g/mol. The average molecular weight is 476 g/mol. The molecule has 172 valence electrons. The highest BCUT2D eigenvalue weighted by molar-refractivity contribution is 7.89.